The van der Waals surface area contributed by atoms with Crippen LogP contribution in [-0.4, -0.2) is 16.0 Å². The summed E-state index contributed by atoms with van der Waals surface area (Å²) in [5, 5.41) is 15.6. The molecule has 0 N–H and O–H groups in total. The zero-order valence-corrected chi connectivity index (χ0v) is 16.5. The Kier molecular flexibility index (Phi) is 4.01. The zero-order valence-electron chi connectivity index (χ0n) is 16.5. The van der Waals surface area contributed by atoms with Crippen molar-refractivity contribution < 1.29 is 18.7 Å². The number of aromatic nitrogens is 1. The van der Waals surface area contributed by atoms with Crippen molar-refractivity contribution in [2.75, 3.05) is 4.90 Å². The molecule has 1 aliphatic rings. The molecule has 0 saturated heterocycles. The molecule has 31 heavy (non-hydrogen) atoms. The quantitative estimate of drug-likeness (QED) is 0.364. The van der Waals surface area contributed by atoms with Gasteiger partial charge in [-0.25, -0.2) is 0 Å². The summed E-state index contributed by atoms with van der Waals surface area (Å²) in [6, 6.07) is 11.5. The second-order valence-electron chi connectivity index (χ2n) is 7.40. The number of anilines is 1. The normalized spacial score (nSPS) is 15.5. The molecule has 0 spiro atoms. The average Bonchev–Trinajstić information content (AvgIpc) is 3.30. The summed E-state index contributed by atoms with van der Waals surface area (Å²) >= 11 is 0. The lowest BCUT2D eigenvalue weighted by Gasteiger charge is -2.22. The molecule has 5 rings (SSSR count). The molecule has 0 fully saturated rings. The van der Waals surface area contributed by atoms with E-state index in [0.717, 1.165) is 5.56 Å². The monoisotopic (exact) mass is 417 g/mol. The Morgan fingerprint density at radius 1 is 1.10 bits per heavy atom. The van der Waals surface area contributed by atoms with Crippen LogP contribution in [-0.2, 0) is 0 Å². The minimum atomic E-state index is -0.951. The lowest BCUT2D eigenvalue weighted by Crippen LogP contribution is -2.29. The first-order valence-corrected chi connectivity index (χ1v) is 9.44. The summed E-state index contributed by atoms with van der Waals surface area (Å²) < 4.78 is 11.0. The predicted octanol–water partition coefficient (Wildman–Crippen LogP) is 4.06. The maximum absolute atomic E-state index is 13.5. The number of hydrogen-bond donors (Lipinski definition) is 0. The number of amides is 1. The maximum atomic E-state index is 13.5. The third kappa shape index (κ3) is 2.82. The number of non-ortho nitro benzene ring substituents is 1. The Hall–Kier alpha value is -4.27. The van der Waals surface area contributed by atoms with Crippen molar-refractivity contribution in [3.8, 4) is 0 Å². The Labute approximate surface area is 174 Å². The van der Waals surface area contributed by atoms with Gasteiger partial charge in [-0.05, 0) is 31.5 Å². The van der Waals surface area contributed by atoms with E-state index < -0.39 is 16.9 Å². The lowest BCUT2D eigenvalue weighted by atomic mass is 9.97. The maximum Gasteiger partial charge on any atom is 0.296 e. The Bertz CT molecular complexity index is 1450. The molecule has 154 valence electrons. The van der Waals surface area contributed by atoms with E-state index in [2.05, 4.69) is 5.16 Å². The van der Waals surface area contributed by atoms with E-state index in [1.807, 2.05) is 6.92 Å². The number of nitro groups is 1. The molecule has 1 atom stereocenters. The second-order valence-corrected chi connectivity index (χ2v) is 7.40. The molecule has 1 amide bonds. The highest BCUT2D eigenvalue weighted by Crippen LogP contribution is 2.41. The van der Waals surface area contributed by atoms with Gasteiger partial charge in [0.1, 0.15) is 11.3 Å². The van der Waals surface area contributed by atoms with E-state index in [4.69, 9.17) is 8.94 Å². The number of benzene rings is 2. The van der Waals surface area contributed by atoms with Crippen LogP contribution in [0, 0.1) is 24.0 Å². The van der Waals surface area contributed by atoms with Crippen LogP contribution < -0.4 is 10.3 Å². The fraction of sp³-hybridized carbons (Fsp3) is 0.136. The molecule has 1 unspecified atom stereocenters. The van der Waals surface area contributed by atoms with Crippen LogP contribution in [0.4, 0.5) is 11.5 Å². The molecule has 0 saturated carbocycles. The van der Waals surface area contributed by atoms with Gasteiger partial charge in [0.25, 0.3) is 11.6 Å². The van der Waals surface area contributed by atoms with Gasteiger partial charge in [0.05, 0.1) is 21.9 Å². The van der Waals surface area contributed by atoms with Gasteiger partial charge >= 0.3 is 0 Å². The molecule has 2 aromatic carbocycles. The molecular formula is C22H15N3O6. The van der Waals surface area contributed by atoms with Crippen LogP contribution in [0.15, 0.2) is 62.3 Å². The van der Waals surface area contributed by atoms with Crippen molar-refractivity contribution in [2.24, 2.45) is 0 Å². The van der Waals surface area contributed by atoms with Crippen LogP contribution in [0.2, 0.25) is 0 Å². The lowest BCUT2D eigenvalue weighted by molar-refractivity contribution is -0.384. The summed E-state index contributed by atoms with van der Waals surface area (Å²) in [5.41, 5.74) is 1.13. The van der Waals surface area contributed by atoms with E-state index in [-0.39, 0.29) is 28.3 Å². The molecule has 9 heteroatoms. The van der Waals surface area contributed by atoms with Crippen LogP contribution in [0.5, 0.6) is 0 Å². The van der Waals surface area contributed by atoms with E-state index >= 15 is 0 Å². The van der Waals surface area contributed by atoms with Crippen molar-refractivity contribution in [2.45, 2.75) is 19.9 Å². The molecule has 9 nitrogen and oxygen atoms in total. The smallest absolute Gasteiger partial charge is 0.296 e. The Morgan fingerprint density at radius 3 is 2.61 bits per heavy atom. The van der Waals surface area contributed by atoms with Crippen LogP contribution in [0.1, 0.15) is 39.0 Å². The number of rotatable bonds is 3. The van der Waals surface area contributed by atoms with Gasteiger partial charge < -0.3 is 8.94 Å². The summed E-state index contributed by atoms with van der Waals surface area (Å²) in [6.07, 6.45) is 0. The number of nitrogens with zero attached hydrogens (tertiary/aromatic N) is 3. The second kappa shape index (κ2) is 6.63. The third-order valence-electron chi connectivity index (χ3n) is 5.28. The highest BCUT2D eigenvalue weighted by atomic mass is 16.6. The highest BCUT2D eigenvalue weighted by molar-refractivity contribution is 6.10. The van der Waals surface area contributed by atoms with Gasteiger partial charge in [-0.1, -0.05) is 28.9 Å². The van der Waals surface area contributed by atoms with E-state index in [1.165, 1.54) is 23.1 Å². The average molecular weight is 417 g/mol. The third-order valence-corrected chi connectivity index (χ3v) is 5.28. The number of carbonyl (C=O) groups excluding carboxylic acids is 1. The largest absolute Gasteiger partial charge is 0.450 e. The molecule has 0 radical (unpaired) electrons. The van der Waals surface area contributed by atoms with Crippen molar-refractivity contribution in [1.29, 1.82) is 0 Å². The number of hydrogen-bond acceptors (Lipinski definition) is 7. The van der Waals surface area contributed by atoms with Crippen LogP contribution in [0.3, 0.4) is 0 Å². The molecule has 0 aliphatic carbocycles. The van der Waals surface area contributed by atoms with Gasteiger partial charge in [0, 0.05) is 18.2 Å². The van der Waals surface area contributed by atoms with Gasteiger partial charge in [-0.3, -0.25) is 24.6 Å². The van der Waals surface area contributed by atoms with E-state index in [0.29, 0.717) is 22.3 Å². The number of fused-ring (bicyclic) bond motifs is 2. The number of aryl methyl sites for hydroxylation is 2. The van der Waals surface area contributed by atoms with Crippen LogP contribution in [0.25, 0.3) is 11.0 Å². The molecule has 0 bridgehead atoms. The van der Waals surface area contributed by atoms with Gasteiger partial charge in [-0.15, -0.1) is 0 Å². The van der Waals surface area contributed by atoms with E-state index in [9.17, 15) is 19.7 Å². The Morgan fingerprint density at radius 2 is 1.90 bits per heavy atom. The fourth-order valence-corrected chi connectivity index (χ4v) is 3.91. The highest BCUT2D eigenvalue weighted by Gasteiger charge is 2.45. The van der Waals surface area contributed by atoms with Gasteiger partial charge in [0.15, 0.2) is 11.2 Å². The first-order valence-electron chi connectivity index (χ1n) is 9.44. The minimum absolute atomic E-state index is 0.112. The summed E-state index contributed by atoms with van der Waals surface area (Å²) in [6.45, 7) is 3.52. The first kappa shape index (κ1) is 18.7. The van der Waals surface area contributed by atoms with Crippen LogP contribution >= 0.6 is 0 Å². The summed E-state index contributed by atoms with van der Waals surface area (Å²) in [4.78, 5) is 38.9. The standard InChI is InChI=1S/C22H15N3O6/c1-11-6-7-16-15(8-11)20(26)18-19(13-4-3-5-14(10-13)25(28)29)24(22(27)21(18)30-16)17-9-12(2)31-23-17/h3-10,19H,1-2H3. The topological polar surface area (TPSA) is 120 Å². The predicted molar refractivity (Wildman–Crippen MR) is 110 cm³/mol. The number of carbonyl (C=O) groups is 1. The zero-order chi connectivity index (χ0) is 21.9. The van der Waals surface area contributed by atoms with Crippen molar-refractivity contribution in [3.63, 3.8) is 0 Å². The van der Waals surface area contributed by atoms with E-state index in [1.54, 1.807) is 37.3 Å². The SMILES string of the molecule is Cc1ccc2oc3c(c(=O)c2c1)C(c1cccc([N+](=O)[O-])c1)N(c1cc(C)on1)C3=O. The van der Waals surface area contributed by atoms with Crippen molar-refractivity contribution >= 4 is 28.4 Å². The van der Waals surface area contributed by atoms with Gasteiger partial charge in [-0.2, -0.15) is 0 Å². The van der Waals surface area contributed by atoms with Gasteiger partial charge in [0.2, 0.25) is 5.76 Å². The molecular weight excluding hydrogens is 402 g/mol. The fourth-order valence-electron chi connectivity index (χ4n) is 3.91. The summed E-state index contributed by atoms with van der Waals surface area (Å²) in [7, 11) is 0. The molecule has 3 heterocycles. The molecule has 4 aromatic rings. The Balaban J connectivity index is 1.83. The summed E-state index contributed by atoms with van der Waals surface area (Å²) in [5.74, 6) is -0.0282. The molecule has 1 aliphatic heterocycles. The first-order chi connectivity index (χ1) is 14.8. The van der Waals surface area contributed by atoms with Crippen molar-refractivity contribution in [3.05, 3.63) is 97.1 Å². The van der Waals surface area contributed by atoms with Crippen molar-refractivity contribution in [1.82, 2.24) is 5.16 Å². The number of nitro benzene ring substituents is 1. The minimum Gasteiger partial charge on any atom is -0.450 e. The molecule has 2 aromatic heterocycles.